The van der Waals surface area contributed by atoms with Gasteiger partial charge in [-0.05, 0) is 69.5 Å². The summed E-state index contributed by atoms with van der Waals surface area (Å²) >= 11 is 0. The van der Waals surface area contributed by atoms with Crippen molar-refractivity contribution in [2.45, 2.75) is 72.8 Å². The van der Waals surface area contributed by atoms with Gasteiger partial charge in [0.2, 0.25) is 0 Å². The van der Waals surface area contributed by atoms with E-state index in [-0.39, 0.29) is 0 Å². The van der Waals surface area contributed by atoms with Crippen LogP contribution in [0.15, 0.2) is 0 Å². The minimum Gasteiger partial charge on any atom is -0.312 e. The Morgan fingerprint density at radius 1 is 1.00 bits per heavy atom. The summed E-state index contributed by atoms with van der Waals surface area (Å²) in [7, 11) is 0. The molecule has 0 aromatic carbocycles. The first kappa shape index (κ1) is 18.0. The zero-order chi connectivity index (χ0) is 15.0. The maximum absolute atomic E-state index is 3.80. The molecule has 1 N–H and O–H groups in total. The predicted octanol–water partition coefficient (Wildman–Crippen LogP) is 4.16. The molecular weight excluding hydrogens is 244 g/mol. The molecule has 2 nitrogen and oxygen atoms in total. The number of rotatable bonds is 12. The van der Waals surface area contributed by atoms with E-state index in [0.29, 0.717) is 0 Å². The zero-order valence-electron chi connectivity index (χ0n) is 14.6. The van der Waals surface area contributed by atoms with Crippen molar-refractivity contribution in [2.24, 2.45) is 17.8 Å². The molecule has 0 aliphatic heterocycles. The summed E-state index contributed by atoms with van der Waals surface area (Å²) in [4.78, 5) is 2.73. The highest BCUT2D eigenvalue weighted by Crippen LogP contribution is 2.33. The van der Waals surface area contributed by atoms with Gasteiger partial charge in [-0.1, -0.05) is 34.6 Å². The lowest BCUT2D eigenvalue weighted by Crippen LogP contribution is -2.44. The topological polar surface area (TPSA) is 15.3 Å². The van der Waals surface area contributed by atoms with E-state index in [1.54, 1.807) is 0 Å². The fourth-order valence-corrected chi connectivity index (χ4v) is 2.66. The van der Waals surface area contributed by atoms with Crippen LogP contribution < -0.4 is 5.32 Å². The van der Waals surface area contributed by atoms with Crippen LogP contribution in [0.5, 0.6) is 0 Å². The molecule has 0 spiro atoms. The number of nitrogens with zero attached hydrogens (tertiary/aromatic N) is 1. The molecule has 0 amide bonds. The van der Waals surface area contributed by atoms with Crippen LogP contribution in [0.2, 0.25) is 0 Å². The second-order valence-corrected chi connectivity index (χ2v) is 7.56. The predicted molar refractivity (Wildman–Crippen MR) is 90.2 cm³/mol. The van der Waals surface area contributed by atoms with Crippen LogP contribution in [0.4, 0.5) is 0 Å². The van der Waals surface area contributed by atoms with Gasteiger partial charge in [-0.3, -0.25) is 0 Å². The lowest BCUT2D eigenvalue weighted by molar-refractivity contribution is 0.209. The summed E-state index contributed by atoms with van der Waals surface area (Å²) in [6, 6.07) is 0.745. The average Bonchev–Trinajstić information content (AvgIpc) is 3.20. The van der Waals surface area contributed by atoms with Gasteiger partial charge in [-0.25, -0.2) is 0 Å². The first-order chi connectivity index (χ1) is 9.52. The van der Waals surface area contributed by atoms with Crippen LogP contribution in [0.25, 0.3) is 0 Å². The monoisotopic (exact) mass is 282 g/mol. The second-order valence-electron chi connectivity index (χ2n) is 7.56. The van der Waals surface area contributed by atoms with Crippen molar-refractivity contribution in [1.82, 2.24) is 10.2 Å². The van der Waals surface area contributed by atoms with Gasteiger partial charge in [0.15, 0.2) is 0 Å². The molecule has 1 aliphatic rings. The van der Waals surface area contributed by atoms with E-state index in [2.05, 4.69) is 44.8 Å². The molecule has 0 saturated heterocycles. The Hall–Kier alpha value is -0.0800. The van der Waals surface area contributed by atoms with Gasteiger partial charge in [0.1, 0.15) is 0 Å². The summed E-state index contributed by atoms with van der Waals surface area (Å²) in [6.07, 6.45) is 6.82. The molecule has 2 heteroatoms. The van der Waals surface area contributed by atoms with Crippen molar-refractivity contribution in [3.63, 3.8) is 0 Å². The van der Waals surface area contributed by atoms with Gasteiger partial charge >= 0.3 is 0 Å². The molecule has 0 aromatic heterocycles. The minimum atomic E-state index is 0.745. The molecule has 1 unspecified atom stereocenters. The first-order valence-electron chi connectivity index (χ1n) is 8.98. The lowest BCUT2D eigenvalue weighted by Gasteiger charge is -2.29. The highest BCUT2D eigenvalue weighted by Gasteiger charge is 2.31. The first-order valence-corrected chi connectivity index (χ1v) is 8.98. The normalized spacial score (nSPS) is 17.4. The summed E-state index contributed by atoms with van der Waals surface area (Å²) < 4.78 is 0. The third kappa shape index (κ3) is 8.26. The van der Waals surface area contributed by atoms with Crippen molar-refractivity contribution in [1.29, 1.82) is 0 Å². The summed E-state index contributed by atoms with van der Waals surface area (Å²) in [5.41, 5.74) is 0. The van der Waals surface area contributed by atoms with Crippen molar-refractivity contribution in [3.05, 3.63) is 0 Å². The average molecular weight is 283 g/mol. The van der Waals surface area contributed by atoms with Gasteiger partial charge in [-0.2, -0.15) is 0 Å². The van der Waals surface area contributed by atoms with Crippen molar-refractivity contribution in [3.8, 4) is 0 Å². The molecule has 120 valence electrons. The molecule has 1 aliphatic carbocycles. The molecule has 1 atom stereocenters. The third-order valence-electron chi connectivity index (χ3n) is 4.35. The van der Waals surface area contributed by atoms with Crippen LogP contribution in [0, 0.1) is 17.8 Å². The Balaban J connectivity index is 2.41. The van der Waals surface area contributed by atoms with Gasteiger partial charge in [-0.15, -0.1) is 0 Å². The van der Waals surface area contributed by atoms with Gasteiger partial charge < -0.3 is 10.2 Å². The van der Waals surface area contributed by atoms with Gasteiger partial charge in [0, 0.05) is 12.6 Å². The van der Waals surface area contributed by atoms with Crippen LogP contribution >= 0.6 is 0 Å². The smallest absolute Gasteiger partial charge is 0.0223 e. The number of nitrogens with one attached hydrogen (secondary N) is 1. The summed E-state index contributed by atoms with van der Waals surface area (Å²) in [6.45, 7) is 16.6. The summed E-state index contributed by atoms with van der Waals surface area (Å²) in [5.74, 6) is 2.60. The Labute approximate surface area is 127 Å². The fraction of sp³-hybridized carbons (Fsp3) is 1.00. The van der Waals surface area contributed by atoms with E-state index in [4.69, 9.17) is 0 Å². The molecule has 20 heavy (non-hydrogen) atoms. The minimum absolute atomic E-state index is 0.745. The highest BCUT2D eigenvalue weighted by atomic mass is 15.1. The second kappa shape index (κ2) is 9.78. The van der Waals surface area contributed by atoms with E-state index in [9.17, 15) is 0 Å². The molecule has 0 aromatic rings. The Morgan fingerprint density at radius 2 is 1.55 bits per heavy atom. The van der Waals surface area contributed by atoms with Crippen molar-refractivity contribution < 1.29 is 0 Å². The maximum atomic E-state index is 3.80. The Morgan fingerprint density at radius 3 is 1.95 bits per heavy atom. The maximum Gasteiger partial charge on any atom is 0.0223 e. The number of hydrogen-bond acceptors (Lipinski definition) is 2. The van der Waals surface area contributed by atoms with E-state index in [1.807, 2.05) is 0 Å². The largest absolute Gasteiger partial charge is 0.312 e. The molecule has 1 saturated carbocycles. The van der Waals surface area contributed by atoms with Crippen LogP contribution in [-0.4, -0.2) is 37.1 Å². The Bertz CT molecular complexity index is 222. The quantitative estimate of drug-likeness (QED) is 0.578. The van der Waals surface area contributed by atoms with E-state index >= 15 is 0 Å². The lowest BCUT2D eigenvalue weighted by atomic mass is 10.1. The van der Waals surface area contributed by atoms with E-state index < -0.39 is 0 Å². The summed E-state index contributed by atoms with van der Waals surface area (Å²) in [5, 5.41) is 3.80. The van der Waals surface area contributed by atoms with Gasteiger partial charge in [0.25, 0.3) is 0 Å². The van der Waals surface area contributed by atoms with Crippen LogP contribution in [-0.2, 0) is 0 Å². The zero-order valence-corrected chi connectivity index (χ0v) is 14.6. The third-order valence-corrected chi connectivity index (χ3v) is 4.35. The van der Waals surface area contributed by atoms with E-state index in [0.717, 1.165) is 23.8 Å². The molecule has 1 fully saturated rings. The molecule has 0 bridgehead atoms. The van der Waals surface area contributed by atoms with Crippen molar-refractivity contribution >= 4 is 0 Å². The molecule has 0 radical (unpaired) electrons. The Kier molecular flexibility index (Phi) is 8.79. The SMILES string of the molecule is CCCNC(CN(CCC(C)C)CCC(C)C)C1CC1. The number of hydrogen-bond donors (Lipinski definition) is 1. The molecule has 0 heterocycles. The molecule has 1 rings (SSSR count). The van der Waals surface area contributed by atoms with Gasteiger partial charge in [0.05, 0.1) is 0 Å². The standard InChI is InChI=1S/C18H38N2/c1-6-11-19-18(17-7-8-17)14-20(12-9-15(2)3)13-10-16(4)5/h15-19H,6-14H2,1-5H3. The fourth-order valence-electron chi connectivity index (χ4n) is 2.66. The molecular formula is C18H38N2. The highest BCUT2D eigenvalue weighted by molar-refractivity contribution is 4.88. The van der Waals surface area contributed by atoms with Crippen LogP contribution in [0.3, 0.4) is 0 Å². The van der Waals surface area contributed by atoms with Crippen molar-refractivity contribution in [2.75, 3.05) is 26.2 Å². The van der Waals surface area contributed by atoms with Crippen LogP contribution in [0.1, 0.15) is 66.7 Å². The van der Waals surface area contributed by atoms with E-state index in [1.165, 1.54) is 58.3 Å².